The van der Waals surface area contributed by atoms with E-state index in [1.807, 2.05) is 30.3 Å². The molecule has 2 N–H and O–H groups in total. The number of hydrogen-bond acceptors (Lipinski definition) is 5. The Balaban J connectivity index is 1.75. The van der Waals surface area contributed by atoms with Gasteiger partial charge in [0.1, 0.15) is 5.25 Å². The second-order valence-corrected chi connectivity index (χ2v) is 7.74. The Morgan fingerprint density at radius 1 is 1.21 bits per heavy atom. The lowest BCUT2D eigenvalue weighted by atomic mass is 10.3. The zero-order valence-corrected chi connectivity index (χ0v) is 16.6. The molecule has 2 aromatic rings. The molecule has 0 spiro atoms. The van der Waals surface area contributed by atoms with Crippen LogP contribution in [0.3, 0.4) is 0 Å². The molecule has 0 saturated carbocycles. The van der Waals surface area contributed by atoms with Crippen LogP contribution in [0.25, 0.3) is 0 Å². The number of aliphatic hydroxyl groups is 1. The third-order valence-corrected chi connectivity index (χ3v) is 5.36. The summed E-state index contributed by atoms with van der Waals surface area (Å²) in [5.74, 6) is -0.554. The number of thioether (sulfide) groups is 1. The van der Waals surface area contributed by atoms with Crippen LogP contribution in [-0.4, -0.2) is 40.5 Å². The van der Waals surface area contributed by atoms with Crippen LogP contribution in [0.15, 0.2) is 59.6 Å². The first-order chi connectivity index (χ1) is 13.6. The first-order valence-corrected chi connectivity index (χ1v) is 10.1. The van der Waals surface area contributed by atoms with Crippen molar-refractivity contribution in [2.24, 2.45) is 4.99 Å². The molecular weight excluding hydrogens is 398 g/mol. The van der Waals surface area contributed by atoms with Crippen LogP contribution < -0.4 is 10.2 Å². The van der Waals surface area contributed by atoms with E-state index in [0.717, 1.165) is 5.69 Å². The number of amides is 2. The molecule has 0 radical (unpaired) electrons. The molecule has 0 aromatic heterocycles. The van der Waals surface area contributed by atoms with Crippen LogP contribution in [0.4, 0.5) is 11.4 Å². The molecule has 6 nitrogen and oxygen atoms in total. The average molecular weight is 418 g/mol. The zero-order valence-electron chi connectivity index (χ0n) is 15.0. The summed E-state index contributed by atoms with van der Waals surface area (Å²) in [7, 11) is 0. The summed E-state index contributed by atoms with van der Waals surface area (Å²) in [5.41, 5.74) is 1.31. The molecule has 8 heteroatoms. The Labute approximate surface area is 172 Å². The fourth-order valence-corrected chi connectivity index (χ4v) is 3.95. The highest BCUT2D eigenvalue weighted by Gasteiger charge is 2.40. The molecule has 2 aromatic carbocycles. The van der Waals surface area contributed by atoms with E-state index in [0.29, 0.717) is 28.8 Å². The molecule has 2 amide bonds. The number of aliphatic imine (C=N–C) groups is 1. The average Bonchev–Trinajstić information content (AvgIpc) is 2.96. The molecule has 1 saturated heterocycles. The minimum atomic E-state index is -0.574. The van der Waals surface area contributed by atoms with E-state index < -0.39 is 5.25 Å². The molecule has 1 heterocycles. The van der Waals surface area contributed by atoms with Gasteiger partial charge in [0.2, 0.25) is 11.8 Å². The summed E-state index contributed by atoms with van der Waals surface area (Å²) in [5, 5.41) is 12.6. The standard InChI is InChI=1S/C20H20ClN3O3S/c21-14-6-4-9-16(12-14)24-18(26)13-17(19(24)27)28-20(22-10-5-11-25)23-15-7-2-1-3-8-15/h1-4,6-9,12,17,25H,5,10-11,13H2,(H,22,23)/t17-/m0/s1. The van der Waals surface area contributed by atoms with Crippen molar-refractivity contribution in [2.45, 2.75) is 18.1 Å². The van der Waals surface area contributed by atoms with Crippen LogP contribution in [0, 0.1) is 0 Å². The zero-order chi connectivity index (χ0) is 19.9. The number of anilines is 2. The number of amidine groups is 1. The minimum Gasteiger partial charge on any atom is -0.396 e. The smallest absolute Gasteiger partial charge is 0.247 e. The number of nitrogens with one attached hydrogen (secondary N) is 1. The quantitative estimate of drug-likeness (QED) is 0.325. The molecule has 3 rings (SSSR count). The van der Waals surface area contributed by atoms with Crippen molar-refractivity contribution in [3.8, 4) is 0 Å². The largest absolute Gasteiger partial charge is 0.396 e. The lowest BCUT2D eigenvalue weighted by Gasteiger charge is -2.16. The summed E-state index contributed by atoms with van der Waals surface area (Å²) in [6, 6.07) is 16.2. The maximum Gasteiger partial charge on any atom is 0.247 e. The lowest BCUT2D eigenvalue weighted by molar-refractivity contribution is -0.121. The van der Waals surface area contributed by atoms with Crippen molar-refractivity contribution in [1.82, 2.24) is 0 Å². The highest BCUT2D eigenvalue weighted by Crippen LogP contribution is 2.31. The van der Waals surface area contributed by atoms with Crippen molar-refractivity contribution >= 4 is 51.7 Å². The fraction of sp³-hybridized carbons (Fsp3) is 0.250. The van der Waals surface area contributed by atoms with Crippen LogP contribution in [0.5, 0.6) is 0 Å². The summed E-state index contributed by atoms with van der Waals surface area (Å²) in [6.07, 6.45) is 0.609. The van der Waals surface area contributed by atoms with Gasteiger partial charge in [0.15, 0.2) is 5.17 Å². The first-order valence-electron chi connectivity index (χ1n) is 8.85. The lowest BCUT2D eigenvalue weighted by Crippen LogP contribution is -2.31. The van der Waals surface area contributed by atoms with E-state index >= 15 is 0 Å². The number of imide groups is 1. The van der Waals surface area contributed by atoms with E-state index in [-0.39, 0.29) is 24.8 Å². The van der Waals surface area contributed by atoms with Crippen LogP contribution in [-0.2, 0) is 9.59 Å². The van der Waals surface area contributed by atoms with Crippen molar-refractivity contribution in [2.75, 3.05) is 23.4 Å². The van der Waals surface area contributed by atoms with Crippen LogP contribution in [0.2, 0.25) is 5.02 Å². The number of nitrogens with zero attached hydrogens (tertiary/aromatic N) is 2. The topological polar surface area (TPSA) is 82.0 Å². The normalized spacial score (nSPS) is 17.3. The third kappa shape index (κ3) is 5.13. The number of halogens is 1. The van der Waals surface area contributed by atoms with Gasteiger partial charge in [-0.05, 0) is 36.8 Å². The van der Waals surface area contributed by atoms with Crippen LogP contribution >= 0.6 is 23.4 Å². The Bertz CT molecular complexity index is 876. The molecule has 146 valence electrons. The monoisotopic (exact) mass is 417 g/mol. The molecule has 28 heavy (non-hydrogen) atoms. The number of rotatable bonds is 6. The number of carbonyl (C=O) groups excluding carboxylic acids is 2. The molecular formula is C20H20ClN3O3S. The first kappa shape index (κ1) is 20.4. The highest BCUT2D eigenvalue weighted by atomic mass is 35.5. The number of benzene rings is 2. The Morgan fingerprint density at radius 2 is 2.00 bits per heavy atom. The van der Waals surface area contributed by atoms with Gasteiger partial charge in [-0.15, -0.1) is 0 Å². The SMILES string of the molecule is O=C1C[C@H](SC(=NCCCO)Nc2ccccc2)C(=O)N1c1cccc(Cl)c1. The molecule has 1 aliphatic rings. The molecule has 0 bridgehead atoms. The molecule has 0 aliphatic carbocycles. The minimum absolute atomic E-state index is 0.0379. The van der Waals surface area contributed by atoms with E-state index in [1.165, 1.54) is 16.7 Å². The summed E-state index contributed by atoms with van der Waals surface area (Å²) in [6.45, 7) is 0.460. The van der Waals surface area contributed by atoms with Crippen molar-refractivity contribution in [1.29, 1.82) is 0 Å². The van der Waals surface area contributed by atoms with Gasteiger partial charge in [-0.3, -0.25) is 14.6 Å². The molecule has 1 fully saturated rings. The van der Waals surface area contributed by atoms with Gasteiger partial charge in [0.25, 0.3) is 0 Å². The van der Waals surface area contributed by atoms with Gasteiger partial charge < -0.3 is 10.4 Å². The number of aliphatic hydroxyl groups excluding tert-OH is 1. The summed E-state index contributed by atoms with van der Waals surface area (Å²) >= 11 is 7.22. The Hall–Kier alpha value is -2.35. The predicted molar refractivity (Wildman–Crippen MR) is 114 cm³/mol. The molecule has 0 unspecified atom stereocenters. The maximum absolute atomic E-state index is 12.9. The second kappa shape index (κ2) is 9.73. The number of para-hydroxylation sites is 1. The van der Waals surface area contributed by atoms with E-state index in [2.05, 4.69) is 10.3 Å². The molecule has 1 atom stereocenters. The van der Waals surface area contributed by atoms with Gasteiger partial charge in [0, 0.05) is 30.3 Å². The van der Waals surface area contributed by atoms with E-state index in [4.69, 9.17) is 16.7 Å². The second-order valence-electron chi connectivity index (χ2n) is 6.11. The van der Waals surface area contributed by atoms with Gasteiger partial charge >= 0.3 is 0 Å². The van der Waals surface area contributed by atoms with Crippen molar-refractivity contribution in [3.63, 3.8) is 0 Å². The van der Waals surface area contributed by atoms with E-state index in [9.17, 15) is 9.59 Å². The third-order valence-electron chi connectivity index (χ3n) is 4.02. The summed E-state index contributed by atoms with van der Waals surface area (Å²) < 4.78 is 0. The molecule has 1 aliphatic heterocycles. The van der Waals surface area contributed by atoms with E-state index in [1.54, 1.807) is 24.3 Å². The highest BCUT2D eigenvalue weighted by molar-refractivity contribution is 8.15. The van der Waals surface area contributed by atoms with Gasteiger partial charge in [0.05, 0.1) is 5.69 Å². The number of hydrogen-bond donors (Lipinski definition) is 2. The van der Waals surface area contributed by atoms with Gasteiger partial charge in [-0.1, -0.05) is 47.6 Å². The number of carbonyl (C=O) groups is 2. The summed E-state index contributed by atoms with van der Waals surface area (Å²) in [4.78, 5) is 31.0. The van der Waals surface area contributed by atoms with Crippen molar-refractivity contribution < 1.29 is 14.7 Å². The van der Waals surface area contributed by atoms with Crippen LogP contribution in [0.1, 0.15) is 12.8 Å². The van der Waals surface area contributed by atoms with Gasteiger partial charge in [-0.25, -0.2) is 4.90 Å². The predicted octanol–water partition coefficient (Wildman–Crippen LogP) is 3.56. The Morgan fingerprint density at radius 3 is 2.71 bits per heavy atom. The maximum atomic E-state index is 12.9. The van der Waals surface area contributed by atoms with Gasteiger partial charge in [-0.2, -0.15) is 0 Å². The fourth-order valence-electron chi connectivity index (χ4n) is 2.72. The Kier molecular flexibility index (Phi) is 7.08. The van der Waals surface area contributed by atoms with Crippen molar-refractivity contribution in [3.05, 3.63) is 59.6 Å².